The molecular weight excluding hydrogens is 392 g/mol. The van der Waals surface area contributed by atoms with Gasteiger partial charge in [-0.2, -0.15) is 4.98 Å². The van der Waals surface area contributed by atoms with Crippen LogP contribution in [0.15, 0.2) is 40.2 Å². The van der Waals surface area contributed by atoms with E-state index >= 15 is 0 Å². The summed E-state index contributed by atoms with van der Waals surface area (Å²) in [6, 6.07) is 6.17. The smallest absolute Gasteiger partial charge is 0.280 e. The van der Waals surface area contributed by atoms with Crippen molar-refractivity contribution in [3.63, 3.8) is 0 Å². The van der Waals surface area contributed by atoms with Crippen LogP contribution in [0.2, 0.25) is 5.02 Å². The van der Waals surface area contributed by atoms with E-state index in [9.17, 15) is 4.79 Å². The molecular formula is C20H17ClN6O2. The zero-order valence-electron chi connectivity index (χ0n) is 15.6. The molecule has 146 valence electrons. The van der Waals surface area contributed by atoms with Crippen LogP contribution >= 0.6 is 11.6 Å². The summed E-state index contributed by atoms with van der Waals surface area (Å²) in [6.45, 7) is 0.190. The number of rotatable bonds is 4. The van der Waals surface area contributed by atoms with E-state index in [0.717, 1.165) is 17.9 Å². The van der Waals surface area contributed by atoms with Gasteiger partial charge in [-0.15, -0.1) is 0 Å². The van der Waals surface area contributed by atoms with Crippen LogP contribution in [0.4, 0.5) is 0 Å². The normalized spacial score (nSPS) is 22.1. The van der Waals surface area contributed by atoms with Gasteiger partial charge in [0.15, 0.2) is 17.0 Å². The van der Waals surface area contributed by atoms with E-state index in [1.807, 2.05) is 12.1 Å². The lowest BCUT2D eigenvalue weighted by atomic mass is 10.0. The van der Waals surface area contributed by atoms with Crippen molar-refractivity contribution in [3.8, 4) is 0 Å². The fraction of sp³-hybridized carbons (Fsp3) is 0.350. The van der Waals surface area contributed by atoms with Crippen LogP contribution in [0.3, 0.4) is 0 Å². The van der Waals surface area contributed by atoms with Crippen LogP contribution < -0.4 is 5.56 Å². The van der Waals surface area contributed by atoms with Gasteiger partial charge >= 0.3 is 0 Å². The molecule has 1 saturated carbocycles. The maximum atomic E-state index is 12.6. The molecule has 29 heavy (non-hydrogen) atoms. The quantitative estimate of drug-likeness (QED) is 0.514. The van der Waals surface area contributed by atoms with Crippen LogP contribution in [0, 0.1) is 11.8 Å². The van der Waals surface area contributed by atoms with Gasteiger partial charge in [-0.3, -0.25) is 9.36 Å². The zero-order chi connectivity index (χ0) is 19.7. The molecule has 0 radical (unpaired) electrons. The number of nitrogens with zero attached hydrogens (tertiary/aromatic N) is 6. The van der Waals surface area contributed by atoms with Crippen molar-refractivity contribution in [1.29, 1.82) is 0 Å². The average molecular weight is 409 g/mol. The molecule has 0 aliphatic heterocycles. The molecule has 0 spiro atoms. The van der Waals surface area contributed by atoms with Gasteiger partial charge in [0.25, 0.3) is 5.56 Å². The van der Waals surface area contributed by atoms with E-state index in [2.05, 4.69) is 26.2 Å². The monoisotopic (exact) mass is 408 g/mol. The number of imidazole rings is 1. The number of hydrogen-bond donors (Lipinski definition) is 0. The first kappa shape index (κ1) is 16.9. The van der Waals surface area contributed by atoms with Crippen molar-refractivity contribution >= 4 is 22.8 Å². The molecule has 3 heterocycles. The van der Waals surface area contributed by atoms with Crippen LogP contribution in [0.1, 0.15) is 28.8 Å². The van der Waals surface area contributed by atoms with E-state index in [0.29, 0.717) is 40.6 Å². The number of hydrogen-bond acceptors (Lipinski definition) is 6. The Hall–Kier alpha value is -3.00. The third-order valence-corrected chi connectivity index (χ3v) is 6.57. The molecule has 3 atom stereocenters. The van der Waals surface area contributed by atoms with Crippen LogP contribution in [0.5, 0.6) is 0 Å². The molecule has 3 aromatic heterocycles. The van der Waals surface area contributed by atoms with Crippen molar-refractivity contribution in [1.82, 2.24) is 29.2 Å². The lowest BCUT2D eigenvalue weighted by Crippen LogP contribution is -2.22. The summed E-state index contributed by atoms with van der Waals surface area (Å²) in [4.78, 5) is 25.5. The lowest BCUT2D eigenvalue weighted by molar-refractivity contribution is 0.363. The average Bonchev–Trinajstić information content (AvgIpc) is 3.08. The Morgan fingerprint density at radius 3 is 3.03 bits per heavy atom. The highest BCUT2D eigenvalue weighted by atomic mass is 35.5. The molecule has 0 amide bonds. The molecule has 2 aliphatic carbocycles. The maximum absolute atomic E-state index is 12.6. The molecule has 1 unspecified atom stereocenters. The molecule has 6 rings (SSSR count). The van der Waals surface area contributed by atoms with E-state index < -0.39 is 0 Å². The second-order valence-electron chi connectivity index (χ2n) is 7.88. The molecule has 0 bridgehead atoms. The number of aromatic nitrogens is 6. The first-order valence-electron chi connectivity index (χ1n) is 9.55. The summed E-state index contributed by atoms with van der Waals surface area (Å²) in [7, 11) is 1.77. The Kier molecular flexibility index (Phi) is 3.50. The van der Waals surface area contributed by atoms with Crippen LogP contribution in [0.25, 0.3) is 11.2 Å². The van der Waals surface area contributed by atoms with Gasteiger partial charge in [-0.05, 0) is 41.4 Å². The van der Waals surface area contributed by atoms with Crippen LogP contribution in [-0.2, 0) is 26.4 Å². The minimum Gasteiger partial charge on any atom is -0.337 e. The van der Waals surface area contributed by atoms with Gasteiger partial charge < -0.3 is 9.09 Å². The Morgan fingerprint density at radius 2 is 2.14 bits per heavy atom. The van der Waals surface area contributed by atoms with Crippen molar-refractivity contribution in [3.05, 3.63) is 69.1 Å². The zero-order valence-corrected chi connectivity index (χ0v) is 16.4. The summed E-state index contributed by atoms with van der Waals surface area (Å²) in [5, 5.41) is 5.00. The number of aryl methyl sites for hydroxylation is 1. The highest BCUT2D eigenvalue weighted by Crippen LogP contribution is 2.63. The van der Waals surface area contributed by atoms with E-state index in [1.165, 1.54) is 22.0 Å². The van der Waals surface area contributed by atoms with Gasteiger partial charge in [-0.25, -0.2) is 9.97 Å². The fourth-order valence-corrected chi connectivity index (χ4v) is 5.04. The van der Waals surface area contributed by atoms with Crippen molar-refractivity contribution in [2.45, 2.75) is 25.3 Å². The van der Waals surface area contributed by atoms with E-state index in [4.69, 9.17) is 16.1 Å². The molecule has 0 N–H and O–H groups in total. The Morgan fingerprint density at radius 1 is 1.28 bits per heavy atom. The van der Waals surface area contributed by atoms with Gasteiger partial charge in [0.05, 0.1) is 6.33 Å². The number of benzene rings is 1. The standard InChI is InChI=1S/C20H17ClN6O2/c1-26-8-22-19-18(26)20(28)27(9-23-19)7-16-24-15(25-29-16)6-13-12-5-11-10(17(12)13)3-2-4-14(11)21/h2-4,8-9,12-13,17H,5-7H2,1H3/t12-,13?,17-/m1/s1. The van der Waals surface area contributed by atoms with E-state index in [1.54, 1.807) is 17.9 Å². The van der Waals surface area contributed by atoms with Crippen molar-refractivity contribution in [2.24, 2.45) is 18.9 Å². The molecule has 4 aromatic rings. The third-order valence-electron chi connectivity index (χ3n) is 6.22. The topological polar surface area (TPSA) is 91.6 Å². The molecule has 0 saturated heterocycles. The largest absolute Gasteiger partial charge is 0.337 e. The molecule has 8 nitrogen and oxygen atoms in total. The van der Waals surface area contributed by atoms with Gasteiger partial charge in [0.2, 0.25) is 5.89 Å². The second kappa shape index (κ2) is 6.00. The lowest BCUT2D eigenvalue weighted by Gasteiger charge is -2.07. The summed E-state index contributed by atoms with van der Waals surface area (Å²) in [5.74, 6) is 2.78. The first-order valence-corrected chi connectivity index (χ1v) is 9.93. The highest BCUT2D eigenvalue weighted by molar-refractivity contribution is 6.31. The maximum Gasteiger partial charge on any atom is 0.280 e. The highest BCUT2D eigenvalue weighted by Gasteiger charge is 2.55. The Bertz CT molecular complexity index is 1320. The predicted octanol–water partition coefficient (Wildman–Crippen LogP) is 2.34. The molecule has 2 aliphatic rings. The number of halogens is 1. The molecule has 1 fully saturated rings. The van der Waals surface area contributed by atoms with E-state index in [-0.39, 0.29) is 12.1 Å². The Balaban J connectivity index is 1.20. The minimum atomic E-state index is -0.181. The second-order valence-corrected chi connectivity index (χ2v) is 8.29. The van der Waals surface area contributed by atoms with Gasteiger partial charge in [0, 0.05) is 18.5 Å². The van der Waals surface area contributed by atoms with Gasteiger partial charge in [0.1, 0.15) is 12.9 Å². The summed E-state index contributed by atoms with van der Waals surface area (Å²) < 4.78 is 8.52. The summed E-state index contributed by atoms with van der Waals surface area (Å²) in [6.07, 6.45) is 4.85. The molecule has 9 heteroatoms. The van der Waals surface area contributed by atoms with Crippen LogP contribution in [-0.4, -0.2) is 29.2 Å². The third kappa shape index (κ3) is 2.55. The predicted molar refractivity (Wildman–Crippen MR) is 105 cm³/mol. The minimum absolute atomic E-state index is 0.181. The summed E-state index contributed by atoms with van der Waals surface area (Å²) >= 11 is 6.32. The fourth-order valence-electron chi connectivity index (χ4n) is 4.78. The summed E-state index contributed by atoms with van der Waals surface area (Å²) in [5.41, 5.74) is 3.38. The van der Waals surface area contributed by atoms with Crippen molar-refractivity contribution < 1.29 is 4.52 Å². The Labute approximate surface area is 170 Å². The molecule has 1 aromatic carbocycles. The van der Waals surface area contributed by atoms with Gasteiger partial charge in [-0.1, -0.05) is 28.9 Å². The number of fused-ring (bicyclic) bond motifs is 4. The SMILES string of the molecule is Cn1cnc2ncn(Cc3nc(CC4[C@H]5Cc6c(Cl)cccc6[C@@H]45)no3)c(=O)c21. The first-order chi connectivity index (χ1) is 14.1. The van der Waals surface area contributed by atoms with Crippen molar-refractivity contribution in [2.75, 3.05) is 0 Å².